The Morgan fingerprint density at radius 1 is 1.40 bits per heavy atom. The molecule has 0 unspecified atom stereocenters. The molecule has 15 heavy (non-hydrogen) atoms. The summed E-state index contributed by atoms with van der Waals surface area (Å²) in [5, 5.41) is 12.3. The maximum atomic E-state index is 10.4. The summed E-state index contributed by atoms with van der Waals surface area (Å²) in [5.74, 6) is -0.886. The highest BCUT2D eigenvalue weighted by Gasteiger charge is 1.99. The summed E-state index contributed by atoms with van der Waals surface area (Å²) >= 11 is 0. The zero-order valence-corrected chi connectivity index (χ0v) is 7.97. The van der Waals surface area contributed by atoms with Gasteiger partial charge in [0.15, 0.2) is 0 Å². The van der Waals surface area contributed by atoms with Crippen molar-refractivity contribution in [3.05, 3.63) is 36.5 Å². The molecule has 0 radical (unpaired) electrons. The van der Waals surface area contributed by atoms with Crippen molar-refractivity contribution >= 4 is 22.6 Å². The lowest BCUT2D eigenvalue weighted by Gasteiger charge is -2.03. The number of hydrogen-bond acceptors (Lipinski definition) is 3. The number of nitrogens with one attached hydrogen (secondary N) is 1. The van der Waals surface area contributed by atoms with Crippen molar-refractivity contribution in [2.24, 2.45) is 0 Å². The first-order valence-corrected chi connectivity index (χ1v) is 4.56. The van der Waals surface area contributed by atoms with Gasteiger partial charge in [0.05, 0.1) is 17.4 Å². The number of fused-ring (bicyclic) bond motifs is 1. The molecule has 0 atom stereocenters. The van der Waals surface area contributed by atoms with Gasteiger partial charge < -0.3 is 10.4 Å². The van der Waals surface area contributed by atoms with Gasteiger partial charge in [-0.1, -0.05) is 18.2 Å². The first-order valence-electron chi connectivity index (χ1n) is 4.56. The number of rotatable bonds is 3. The van der Waals surface area contributed by atoms with Crippen molar-refractivity contribution in [3.63, 3.8) is 0 Å². The molecule has 0 spiro atoms. The van der Waals surface area contributed by atoms with Crippen LogP contribution < -0.4 is 5.32 Å². The molecule has 2 N–H and O–H groups in total. The van der Waals surface area contributed by atoms with Gasteiger partial charge >= 0.3 is 5.97 Å². The first kappa shape index (κ1) is 9.45. The number of carboxylic acid groups (broad SMARTS) is 1. The predicted octanol–water partition coefficient (Wildman–Crippen LogP) is 1.73. The summed E-state index contributed by atoms with van der Waals surface area (Å²) in [4.78, 5) is 14.6. The quantitative estimate of drug-likeness (QED) is 0.795. The Morgan fingerprint density at radius 3 is 3.00 bits per heavy atom. The Morgan fingerprint density at radius 2 is 2.20 bits per heavy atom. The number of benzene rings is 1. The SMILES string of the molecule is O=C(O)CNc1cnc2ccccc2c1. The molecule has 0 aliphatic heterocycles. The summed E-state index contributed by atoms with van der Waals surface area (Å²) < 4.78 is 0. The van der Waals surface area contributed by atoms with E-state index in [0.717, 1.165) is 16.6 Å². The van der Waals surface area contributed by atoms with E-state index in [9.17, 15) is 4.79 Å². The minimum atomic E-state index is -0.886. The number of hydrogen-bond donors (Lipinski definition) is 2. The third-order valence-electron chi connectivity index (χ3n) is 2.03. The number of nitrogens with zero attached hydrogens (tertiary/aromatic N) is 1. The smallest absolute Gasteiger partial charge is 0.322 e. The number of para-hydroxylation sites is 1. The standard InChI is InChI=1S/C11H10N2O2/c14-11(15)7-12-9-5-8-3-1-2-4-10(8)13-6-9/h1-6,12H,7H2,(H,14,15). The van der Waals surface area contributed by atoms with E-state index in [1.54, 1.807) is 6.20 Å². The average Bonchev–Trinajstić information content (AvgIpc) is 2.26. The zero-order valence-electron chi connectivity index (χ0n) is 7.97. The number of carbonyl (C=O) groups is 1. The molecule has 1 aromatic heterocycles. The van der Waals surface area contributed by atoms with E-state index in [0.29, 0.717) is 0 Å². The average molecular weight is 202 g/mol. The van der Waals surface area contributed by atoms with Gasteiger partial charge in [-0.25, -0.2) is 0 Å². The van der Waals surface area contributed by atoms with Crippen LogP contribution in [-0.2, 0) is 4.79 Å². The van der Waals surface area contributed by atoms with E-state index < -0.39 is 5.97 Å². The predicted molar refractivity (Wildman–Crippen MR) is 57.9 cm³/mol. The van der Waals surface area contributed by atoms with E-state index in [4.69, 9.17) is 5.11 Å². The van der Waals surface area contributed by atoms with Crippen LogP contribution in [0.2, 0.25) is 0 Å². The maximum Gasteiger partial charge on any atom is 0.322 e. The number of pyridine rings is 1. The lowest BCUT2D eigenvalue weighted by atomic mass is 10.2. The minimum absolute atomic E-state index is 0.0972. The van der Waals surface area contributed by atoms with E-state index in [1.807, 2.05) is 30.3 Å². The van der Waals surface area contributed by atoms with Crippen LogP contribution in [0.4, 0.5) is 5.69 Å². The van der Waals surface area contributed by atoms with Crippen LogP contribution >= 0.6 is 0 Å². The second-order valence-corrected chi connectivity index (χ2v) is 3.16. The monoisotopic (exact) mass is 202 g/mol. The van der Waals surface area contributed by atoms with Crippen molar-refractivity contribution in [3.8, 4) is 0 Å². The highest BCUT2D eigenvalue weighted by molar-refractivity contribution is 5.82. The molecule has 0 aliphatic rings. The van der Waals surface area contributed by atoms with Crippen LogP contribution in [0.15, 0.2) is 36.5 Å². The summed E-state index contributed by atoms with van der Waals surface area (Å²) in [6.45, 7) is -0.0972. The Balaban J connectivity index is 2.26. The summed E-state index contributed by atoms with van der Waals surface area (Å²) in [6.07, 6.45) is 1.63. The van der Waals surface area contributed by atoms with Crippen LogP contribution in [-0.4, -0.2) is 22.6 Å². The molecule has 0 amide bonds. The number of anilines is 1. The third kappa shape index (κ3) is 2.22. The molecule has 1 heterocycles. The number of aliphatic carboxylic acids is 1. The van der Waals surface area contributed by atoms with Gasteiger partial charge in [0.2, 0.25) is 0 Å². The van der Waals surface area contributed by atoms with Crippen LogP contribution in [0.25, 0.3) is 10.9 Å². The van der Waals surface area contributed by atoms with Crippen LogP contribution in [0.3, 0.4) is 0 Å². The van der Waals surface area contributed by atoms with Crippen molar-refractivity contribution in [1.29, 1.82) is 0 Å². The van der Waals surface area contributed by atoms with Gasteiger partial charge in [-0.2, -0.15) is 0 Å². The van der Waals surface area contributed by atoms with Crippen LogP contribution in [0.5, 0.6) is 0 Å². The fraction of sp³-hybridized carbons (Fsp3) is 0.0909. The molecule has 76 valence electrons. The van der Waals surface area contributed by atoms with E-state index >= 15 is 0 Å². The van der Waals surface area contributed by atoms with Gasteiger partial charge in [0, 0.05) is 5.39 Å². The molecule has 0 aliphatic carbocycles. The molecule has 2 rings (SSSR count). The number of aromatic nitrogens is 1. The molecule has 0 saturated carbocycles. The maximum absolute atomic E-state index is 10.4. The zero-order chi connectivity index (χ0) is 10.7. The van der Waals surface area contributed by atoms with Crippen molar-refractivity contribution in [1.82, 2.24) is 4.98 Å². The highest BCUT2D eigenvalue weighted by atomic mass is 16.4. The minimum Gasteiger partial charge on any atom is -0.480 e. The molecule has 0 fully saturated rings. The van der Waals surface area contributed by atoms with Gasteiger partial charge in [0.1, 0.15) is 6.54 Å². The Bertz CT molecular complexity index is 497. The normalized spacial score (nSPS) is 10.1. The highest BCUT2D eigenvalue weighted by Crippen LogP contribution is 2.15. The fourth-order valence-corrected chi connectivity index (χ4v) is 1.35. The Hall–Kier alpha value is -2.10. The molecule has 4 heteroatoms. The molecule has 0 saturated heterocycles. The topological polar surface area (TPSA) is 62.2 Å². The van der Waals surface area contributed by atoms with Gasteiger partial charge in [-0.3, -0.25) is 9.78 Å². The van der Waals surface area contributed by atoms with Crippen LogP contribution in [0.1, 0.15) is 0 Å². The van der Waals surface area contributed by atoms with E-state index in [-0.39, 0.29) is 6.54 Å². The van der Waals surface area contributed by atoms with Crippen LogP contribution in [0, 0.1) is 0 Å². The second kappa shape index (κ2) is 3.96. The largest absolute Gasteiger partial charge is 0.480 e. The fourth-order valence-electron chi connectivity index (χ4n) is 1.35. The number of carboxylic acids is 1. The lowest BCUT2D eigenvalue weighted by Crippen LogP contribution is -2.12. The molecule has 0 bridgehead atoms. The lowest BCUT2D eigenvalue weighted by molar-refractivity contribution is -0.134. The molecule has 2 aromatic rings. The van der Waals surface area contributed by atoms with E-state index in [1.165, 1.54) is 0 Å². The van der Waals surface area contributed by atoms with Crippen molar-refractivity contribution < 1.29 is 9.90 Å². The van der Waals surface area contributed by atoms with Gasteiger partial charge in [0.25, 0.3) is 0 Å². The summed E-state index contributed by atoms with van der Waals surface area (Å²) in [6, 6.07) is 9.57. The summed E-state index contributed by atoms with van der Waals surface area (Å²) in [7, 11) is 0. The van der Waals surface area contributed by atoms with Crippen molar-refractivity contribution in [2.75, 3.05) is 11.9 Å². The first-order chi connectivity index (χ1) is 7.25. The summed E-state index contributed by atoms with van der Waals surface area (Å²) in [5.41, 5.74) is 1.62. The van der Waals surface area contributed by atoms with Gasteiger partial charge in [-0.05, 0) is 12.1 Å². The second-order valence-electron chi connectivity index (χ2n) is 3.16. The van der Waals surface area contributed by atoms with E-state index in [2.05, 4.69) is 10.3 Å². The Kier molecular flexibility index (Phi) is 2.49. The van der Waals surface area contributed by atoms with Gasteiger partial charge in [-0.15, -0.1) is 0 Å². The molecular weight excluding hydrogens is 192 g/mol. The third-order valence-corrected chi connectivity index (χ3v) is 2.03. The molecular formula is C11H10N2O2. The molecule has 1 aromatic carbocycles. The Labute approximate surface area is 86.6 Å². The van der Waals surface area contributed by atoms with Crippen molar-refractivity contribution in [2.45, 2.75) is 0 Å². The molecule has 4 nitrogen and oxygen atoms in total.